The number of Topliss-reactive ketones (excluding diaryl/α,β-unsaturated/α-hetero) is 1. The van der Waals surface area contributed by atoms with Gasteiger partial charge in [0.25, 0.3) is 0 Å². The van der Waals surface area contributed by atoms with Crippen molar-refractivity contribution < 1.29 is 23.9 Å². The first-order valence-corrected chi connectivity index (χ1v) is 20.3. The number of ether oxygens (including phenoxy) is 2. The number of nitrogens with one attached hydrogen (secondary N) is 1. The van der Waals surface area contributed by atoms with Crippen molar-refractivity contribution in [3.8, 4) is 0 Å². The third-order valence-electron chi connectivity index (χ3n) is 15.2. The molecular formula is C44H67NO5. The third-order valence-corrected chi connectivity index (χ3v) is 15.2. The highest BCUT2D eigenvalue weighted by molar-refractivity contribution is 6.02. The summed E-state index contributed by atoms with van der Waals surface area (Å²) >= 11 is 0. The van der Waals surface area contributed by atoms with E-state index in [1.807, 2.05) is 27.7 Å². The van der Waals surface area contributed by atoms with Crippen molar-refractivity contribution in [1.29, 1.82) is 0 Å². The average molecular weight is 690 g/mol. The molecule has 0 radical (unpaired) electrons. The fraction of sp³-hybridized carbons (Fsp3) is 0.795. The summed E-state index contributed by atoms with van der Waals surface area (Å²) in [7, 11) is 0. The molecule has 1 amide bonds. The van der Waals surface area contributed by atoms with E-state index in [0.29, 0.717) is 30.8 Å². The number of hydrogen-bond acceptors (Lipinski definition) is 5. The van der Waals surface area contributed by atoms with Gasteiger partial charge in [-0.15, -0.1) is 0 Å². The molecule has 6 heteroatoms. The number of amides is 1. The van der Waals surface area contributed by atoms with Crippen molar-refractivity contribution >= 4 is 17.8 Å². The first kappa shape index (κ1) is 37.4. The second-order valence-electron chi connectivity index (χ2n) is 19.2. The zero-order valence-corrected chi connectivity index (χ0v) is 33.1. The van der Waals surface area contributed by atoms with Crippen LogP contribution in [0.15, 0.2) is 34.4 Å². The van der Waals surface area contributed by atoms with Gasteiger partial charge >= 0.3 is 12.1 Å². The molecule has 0 spiro atoms. The van der Waals surface area contributed by atoms with Gasteiger partial charge in [-0.2, -0.15) is 0 Å². The van der Waals surface area contributed by atoms with Crippen LogP contribution >= 0.6 is 0 Å². The van der Waals surface area contributed by atoms with Crippen LogP contribution < -0.4 is 5.32 Å². The average Bonchev–Trinajstić information content (AvgIpc) is 3.32. The summed E-state index contributed by atoms with van der Waals surface area (Å²) in [5, 5.41) is 3.35. The number of rotatable bonds is 7. The molecule has 9 atom stereocenters. The maximum absolute atomic E-state index is 13.9. The summed E-state index contributed by atoms with van der Waals surface area (Å²) in [5.41, 5.74) is 4.49. The fourth-order valence-corrected chi connectivity index (χ4v) is 12.9. The standard InChI is InChI=1S/C44H67NO5/c1-11-13-31-30(28-14-16-29(17-15-28)38(47)49-12-2)20-22-41(8)32(31)21-23-43(10)35(41)19-18-33-37-36(27(3)4)34(46)26-44(37,25-24-42(33,43)9)45-39(48)50-40(5,6)7/h14,20,27,29,31-33,35H,11-13,15-19,21-26H2,1-10H3,(H,45,48)/t29?,31-,32-,33+,35+,41-,42+,43+,44+/m0/s1. The predicted molar refractivity (Wildman–Crippen MR) is 199 cm³/mol. The number of hydrogen-bond donors (Lipinski definition) is 1. The van der Waals surface area contributed by atoms with Crippen LogP contribution in [0.4, 0.5) is 4.79 Å². The zero-order chi connectivity index (χ0) is 36.4. The van der Waals surface area contributed by atoms with Gasteiger partial charge < -0.3 is 14.8 Å². The van der Waals surface area contributed by atoms with Gasteiger partial charge in [-0.05, 0) is 166 Å². The molecule has 6 aliphatic rings. The largest absolute Gasteiger partial charge is 0.466 e. The van der Waals surface area contributed by atoms with E-state index in [2.05, 4.69) is 59.0 Å². The van der Waals surface area contributed by atoms with E-state index in [0.717, 1.165) is 50.5 Å². The Kier molecular flexibility index (Phi) is 9.90. The minimum absolute atomic E-state index is 0.000786. The first-order valence-electron chi connectivity index (χ1n) is 20.3. The third kappa shape index (κ3) is 5.95. The Morgan fingerprint density at radius 2 is 1.72 bits per heavy atom. The van der Waals surface area contributed by atoms with E-state index in [-0.39, 0.29) is 45.8 Å². The highest BCUT2D eigenvalue weighted by Gasteiger charge is 2.69. The Morgan fingerprint density at radius 1 is 0.980 bits per heavy atom. The van der Waals surface area contributed by atoms with Crippen molar-refractivity contribution in [2.45, 2.75) is 164 Å². The zero-order valence-electron chi connectivity index (χ0n) is 33.1. The minimum Gasteiger partial charge on any atom is -0.466 e. The van der Waals surface area contributed by atoms with Crippen molar-refractivity contribution in [3.63, 3.8) is 0 Å². The minimum atomic E-state index is -0.637. The van der Waals surface area contributed by atoms with Crippen LogP contribution in [0.2, 0.25) is 0 Å². The fourth-order valence-electron chi connectivity index (χ4n) is 12.9. The summed E-state index contributed by atoms with van der Waals surface area (Å²) in [4.78, 5) is 39.8. The number of ketones is 1. The van der Waals surface area contributed by atoms with Crippen molar-refractivity contribution in [2.75, 3.05) is 6.61 Å². The molecule has 6 nitrogen and oxygen atoms in total. The van der Waals surface area contributed by atoms with E-state index in [9.17, 15) is 14.4 Å². The molecule has 0 saturated heterocycles. The van der Waals surface area contributed by atoms with Gasteiger partial charge in [-0.1, -0.05) is 60.1 Å². The van der Waals surface area contributed by atoms with E-state index in [1.54, 1.807) is 5.57 Å². The van der Waals surface area contributed by atoms with Crippen molar-refractivity contribution in [1.82, 2.24) is 5.32 Å². The molecule has 1 N–H and O–H groups in total. The van der Waals surface area contributed by atoms with Crippen LogP contribution in [0.1, 0.15) is 153 Å². The molecular weight excluding hydrogens is 622 g/mol. The molecule has 0 aromatic rings. The Hall–Kier alpha value is -2.37. The number of allylic oxidation sites excluding steroid dienone is 5. The maximum Gasteiger partial charge on any atom is 0.408 e. The molecule has 0 aromatic heterocycles. The quantitative estimate of drug-likeness (QED) is 0.269. The molecule has 50 heavy (non-hydrogen) atoms. The molecule has 0 heterocycles. The summed E-state index contributed by atoms with van der Waals surface area (Å²) < 4.78 is 11.2. The lowest BCUT2D eigenvalue weighted by molar-refractivity contribution is -0.189. The molecule has 0 aliphatic heterocycles. The smallest absolute Gasteiger partial charge is 0.408 e. The maximum atomic E-state index is 13.9. The molecule has 278 valence electrons. The first-order chi connectivity index (χ1) is 23.4. The van der Waals surface area contributed by atoms with Gasteiger partial charge in [0, 0.05) is 6.42 Å². The van der Waals surface area contributed by atoms with Gasteiger partial charge in [-0.3, -0.25) is 9.59 Å². The highest BCUT2D eigenvalue weighted by Crippen LogP contribution is 2.75. The molecule has 6 aliphatic carbocycles. The van der Waals surface area contributed by atoms with Gasteiger partial charge in [0.2, 0.25) is 0 Å². The Labute approximate surface area is 303 Å². The number of alkyl carbamates (subject to hydrolysis) is 1. The van der Waals surface area contributed by atoms with Crippen LogP contribution in [0.25, 0.3) is 0 Å². The Balaban J connectivity index is 1.32. The van der Waals surface area contributed by atoms with E-state index >= 15 is 0 Å². The SMILES string of the molecule is CCC[C@H]1C(C2=CCC(C(=O)OCC)CC2)=CC[C@]2(C)[C@H]3CC[C@@H]4C5=C(C(C)C)C(=O)C[C@]5(NC(=O)OC(C)(C)C)CC[C@@]4(C)[C@]3(C)CC[C@@H]12. The Bertz CT molecular complexity index is 1480. The van der Waals surface area contributed by atoms with Crippen molar-refractivity contribution in [2.24, 2.45) is 51.8 Å². The lowest BCUT2D eigenvalue weighted by Gasteiger charge is -2.70. The number of carbonyl (C=O) groups is 3. The van der Waals surface area contributed by atoms with E-state index < -0.39 is 17.2 Å². The highest BCUT2D eigenvalue weighted by atomic mass is 16.6. The summed E-state index contributed by atoms with van der Waals surface area (Å²) in [6.45, 7) is 22.6. The van der Waals surface area contributed by atoms with Gasteiger partial charge in [0.15, 0.2) is 5.78 Å². The van der Waals surface area contributed by atoms with Crippen LogP contribution in [0, 0.1) is 51.8 Å². The molecule has 3 saturated carbocycles. The van der Waals surface area contributed by atoms with Crippen LogP contribution in [-0.4, -0.2) is 35.6 Å². The monoisotopic (exact) mass is 690 g/mol. The van der Waals surface area contributed by atoms with Crippen LogP contribution in [-0.2, 0) is 19.1 Å². The van der Waals surface area contributed by atoms with E-state index in [4.69, 9.17) is 9.47 Å². The van der Waals surface area contributed by atoms with Gasteiger partial charge in [0.05, 0.1) is 18.1 Å². The second-order valence-corrected chi connectivity index (χ2v) is 19.2. The normalized spacial score (nSPS) is 39.8. The molecule has 6 rings (SSSR count). The lowest BCUT2D eigenvalue weighted by Crippen LogP contribution is -2.65. The molecule has 0 aromatic carbocycles. The van der Waals surface area contributed by atoms with Gasteiger partial charge in [-0.25, -0.2) is 4.79 Å². The van der Waals surface area contributed by atoms with Crippen molar-refractivity contribution in [3.05, 3.63) is 34.4 Å². The summed E-state index contributed by atoms with van der Waals surface area (Å²) in [6, 6.07) is 0. The molecule has 3 fully saturated rings. The molecule has 0 bridgehead atoms. The summed E-state index contributed by atoms with van der Waals surface area (Å²) in [5.74, 6) is 2.41. The topological polar surface area (TPSA) is 81.7 Å². The van der Waals surface area contributed by atoms with E-state index in [1.165, 1.54) is 43.3 Å². The number of esters is 1. The number of carbonyl (C=O) groups excluding carboxylic acids is 3. The lowest BCUT2D eigenvalue weighted by atomic mass is 9.34. The second kappa shape index (κ2) is 13.2. The van der Waals surface area contributed by atoms with Crippen LogP contribution in [0.5, 0.6) is 0 Å². The summed E-state index contributed by atoms with van der Waals surface area (Å²) in [6.07, 6.45) is 17.7. The molecule has 1 unspecified atom stereocenters. The van der Waals surface area contributed by atoms with Crippen LogP contribution in [0.3, 0.4) is 0 Å². The van der Waals surface area contributed by atoms with Gasteiger partial charge in [0.1, 0.15) is 5.60 Å². The number of fused-ring (bicyclic) bond motifs is 7. The Morgan fingerprint density at radius 3 is 2.34 bits per heavy atom. The predicted octanol–water partition coefficient (Wildman–Crippen LogP) is 10.5.